The van der Waals surface area contributed by atoms with Gasteiger partial charge in [0.15, 0.2) is 5.65 Å². The molecule has 0 N–H and O–H groups in total. The molecule has 0 saturated carbocycles. The number of halogens is 3. The number of nitrogens with zero attached hydrogens (tertiary/aromatic N) is 5. The highest BCUT2D eigenvalue weighted by Gasteiger charge is 2.37. The summed E-state index contributed by atoms with van der Waals surface area (Å²) in [5, 5.41) is 4.28. The maximum Gasteiger partial charge on any atom is 0.433 e. The van der Waals surface area contributed by atoms with E-state index in [9.17, 15) is 18.0 Å². The van der Waals surface area contributed by atoms with E-state index in [0.29, 0.717) is 29.9 Å². The van der Waals surface area contributed by atoms with Crippen molar-refractivity contribution in [1.29, 1.82) is 0 Å². The number of amides is 1. The lowest BCUT2D eigenvalue weighted by atomic mass is 9.91. The first-order valence-electron chi connectivity index (χ1n) is 10.2. The van der Waals surface area contributed by atoms with Crippen LogP contribution in [0.15, 0.2) is 36.7 Å². The molecule has 4 heterocycles. The van der Waals surface area contributed by atoms with Crippen LogP contribution in [-0.4, -0.2) is 36.9 Å². The molecule has 1 amide bonds. The molecule has 164 valence electrons. The molecule has 0 bridgehead atoms. The molecule has 1 saturated heterocycles. The fourth-order valence-corrected chi connectivity index (χ4v) is 3.88. The predicted molar refractivity (Wildman–Crippen MR) is 109 cm³/mol. The van der Waals surface area contributed by atoms with Gasteiger partial charge in [0.1, 0.15) is 5.69 Å². The normalized spacial score (nSPS) is 17.9. The Labute approximate surface area is 178 Å². The molecule has 6 nitrogen and oxygen atoms in total. The van der Waals surface area contributed by atoms with E-state index in [-0.39, 0.29) is 11.6 Å². The summed E-state index contributed by atoms with van der Waals surface area (Å²) in [6, 6.07) is 5.59. The second-order valence-corrected chi connectivity index (χ2v) is 8.87. The summed E-state index contributed by atoms with van der Waals surface area (Å²) < 4.78 is 42.3. The van der Waals surface area contributed by atoms with Crippen molar-refractivity contribution in [3.05, 3.63) is 59.3 Å². The van der Waals surface area contributed by atoms with Crippen LogP contribution in [0.4, 0.5) is 13.2 Å². The molecular weight excluding hydrogens is 407 g/mol. The molecule has 1 fully saturated rings. The lowest BCUT2D eigenvalue weighted by molar-refractivity contribution is -0.142. The molecule has 0 spiro atoms. The zero-order valence-corrected chi connectivity index (χ0v) is 17.6. The highest BCUT2D eigenvalue weighted by Crippen LogP contribution is 2.35. The van der Waals surface area contributed by atoms with Gasteiger partial charge in [0, 0.05) is 30.4 Å². The molecule has 9 heteroatoms. The summed E-state index contributed by atoms with van der Waals surface area (Å²) in [4.78, 5) is 23.2. The van der Waals surface area contributed by atoms with Gasteiger partial charge in [-0.15, -0.1) is 0 Å². The Kier molecular flexibility index (Phi) is 5.23. The van der Waals surface area contributed by atoms with Crippen molar-refractivity contribution in [2.45, 2.75) is 57.7 Å². The van der Waals surface area contributed by atoms with Crippen molar-refractivity contribution >= 4 is 11.6 Å². The summed E-state index contributed by atoms with van der Waals surface area (Å²) in [5.41, 5.74) is -0.0861. The van der Waals surface area contributed by atoms with Crippen LogP contribution in [0.5, 0.6) is 0 Å². The van der Waals surface area contributed by atoms with Gasteiger partial charge < -0.3 is 4.90 Å². The van der Waals surface area contributed by atoms with Gasteiger partial charge in [0.05, 0.1) is 23.0 Å². The first kappa shape index (κ1) is 21.3. The van der Waals surface area contributed by atoms with Crippen LogP contribution in [0.25, 0.3) is 5.65 Å². The summed E-state index contributed by atoms with van der Waals surface area (Å²) >= 11 is 0. The van der Waals surface area contributed by atoms with Gasteiger partial charge in [0.2, 0.25) is 0 Å². The van der Waals surface area contributed by atoms with Gasteiger partial charge in [-0.05, 0) is 37.5 Å². The number of aromatic nitrogens is 4. The summed E-state index contributed by atoms with van der Waals surface area (Å²) in [6.45, 7) is 5.97. The first-order chi connectivity index (χ1) is 14.6. The molecule has 0 unspecified atom stereocenters. The van der Waals surface area contributed by atoms with Crippen molar-refractivity contribution in [2.24, 2.45) is 0 Å². The van der Waals surface area contributed by atoms with Gasteiger partial charge in [-0.25, -0.2) is 9.50 Å². The average molecular weight is 431 g/mol. The summed E-state index contributed by atoms with van der Waals surface area (Å²) in [5.74, 6) is -0.200. The molecule has 0 radical (unpaired) electrons. The van der Waals surface area contributed by atoms with E-state index in [2.05, 4.69) is 15.1 Å². The molecular formula is C22H24F3N5O. The lowest BCUT2D eigenvalue weighted by Crippen LogP contribution is -2.38. The minimum Gasteiger partial charge on any atom is -0.330 e. The Hall–Kier alpha value is -2.97. The number of carbonyl (C=O) groups is 1. The molecule has 0 aliphatic carbocycles. The van der Waals surface area contributed by atoms with Crippen molar-refractivity contribution in [1.82, 2.24) is 24.5 Å². The highest BCUT2D eigenvalue weighted by atomic mass is 19.4. The zero-order chi connectivity index (χ0) is 22.4. The third kappa shape index (κ3) is 4.13. The Morgan fingerprint density at radius 3 is 2.58 bits per heavy atom. The number of rotatable bonds is 2. The number of hydrogen-bond donors (Lipinski definition) is 0. The topological polar surface area (TPSA) is 63.4 Å². The number of carbonyl (C=O) groups excluding carboxylic acids is 1. The minimum absolute atomic E-state index is 0.133. The molecule has 3 aromatic rings. The molecule has 31 heavy (non-hydrogen) atoms. The predicted octanol–water partition coefficient (Wildman–Crippen LogP) is 4.81. The highest BCUT2D eigenvalue weighted by molar-refractivity contribution is 5.94. The quantitative estimate of drug-likeness (QED) is 0.584. The van der Waals surface area contributed by atoms with E-state index >= 15 is 0 Å². The molecule has 3 aromatic heterocycles. The minimum atomic E-state index is -4.58. The van der Waals surface area contributed by atoms with E-state index in [4.69, 9.17) is 0 Å². The van der Waals surface area contributed by atoms with Crippen LogP contribution in [-0.2, 0) is 11.6 Å². The number of pyridine rings is 1. The maximum atomic E-state index is 13.8. The summed E-state index contributed by atoms with van der Waals surface area (Å²) in [6.07, 6.45) is 0.824. The fourth-order valence-electron chi connectivity index (χ4n) is 3.88. The molecule has 1 aliphatic heterocycles. The Morgan fingerprint density at radius 2 is 1.94 bits per heavy atom. The van der Waals surface area contributed by atoms with Crippen LogP contribution in [0.2, 0.25) is 0 Å². The first-order valence-corrected chi connectivity index (χ1v) is 10.2. The number of fused-ring (bicyclic) bond motifs is 1. The molecule has 1 aliphatic rings. The van der Waals surface area contributed by atoms with Gasteiger partial charge >= 0.3 is 6.18 Å². The fraction of sp³-hybridized carbons (Fsp3) is 0.455. The van der Waals surface area contributed by atoms with Crippen LogP contribution >= 0.6 is 0 Å². The van der Waals surface area contributed by atoms with Gasteiger partial charge in [0.25, 0.3) is 5.91 Å². The van der Waals surface area contributed by atoms with E-state index in [1.807, 2.05) is 20.8 Å². The second kappa shape index (κ2) is 7.62. The third-order valence-corrected chi connectivity index (χ3v) is 5.52. The van der Waals surface area contributed by atoms with E-state index in [1.54, 1.807) is 29.3 Å². The van der Waals surface area contributed by atoms with Crippen molar-refractivity contribution < 1.29 is 18.0 Å². The van der Waals surface area contributed by atoms with Crippen LogP contribution in [0.3, 0.4) is 0 Å². The zero-order valence-electron chi connectivity index (χ0n) is 17.6. The van der Waals surface area contributed by atoms with Crippen molar-refractivity contribution in [3.8, 4) is 0 Å². The van der Waals surface area contributed by atoms with E-state index in [0.717, 1.165) is 23.4 Å². The molecule has 1 atom stereocenters. The molecule has 4 rings (SSSR count). The van der Waals surface area contributed by atoms with E-state index in [1.165, 1.54) is 6.20 Å². The number of piperidine rings is 1. The Bertz CT molecular complexity index is 1100. The standard InChI is InChI=1S/C22H24F3N5O/c1-21(2,3)17-12-18(22(23,24)25)30-19(27-17)11-15(28-30)16-8-4-5-10-29(16)20(31)14-7-6-9-26-13-14/h6-7,9,11-13,16H,4-5,8,10H2,1-3H3/t16-/m0/s1. The average Bonchev–Trinajstić information content (AvgIpc) is 3.16. The van der Waals surface area contributed by atoms with Crippen molar-refractivity contribution in [3.63, 3.8) is 0 Å². The second-order valence-electron chi connectivity index (χ2n) is 8.87. The van der Waals surface area contributed by atoms with Gasteiger partial charge in [-0.3, -0.25) is 9.78 Å². The Morgan fingerprint density at radius 1 is 1.16 bits per heavy atom. The van der Waals surface area contributed by atoms with Crippen LogP contribution < -0.4 is 0 Å². The van der Waals surface area contributed by atoms with Crippen LogP contribution in [0.1, 0.15) is 73.5 Å². The SMILES string of the molecule is CC(C)(C)c1cc(C(F)(F)F)n2nc([C@@H]3CCCCN3C(=O)c3cccnc3)cc2n1. The van der Waals surface area contributed by atoms with E-state index < -0.39 is 23.3 Å². The number of alkyl halides is 3. The Balaban J connectivity index is 1.80. The van der Waals surface area contributed by atoms with Crippen molar-refractivity contribution in [2.75, 3.05) is 6.54 Å². The number of hydrogen-bond acceptors (Lipinski definition) is 4. The maximum absolute atomic E-state index is 13.8. The molecule has 0 aromatic carbocycles. The largest absolute Gasteiger partial charge is 0.433 e. The van der Waals surface area contributed by atoms with Gasteiger partial charge in [-0.2, -0.15) is 18.3 Å². The summed E-state index contributed by atoms with van der Waals surface area (Å²) in [7, 11) is 0. The smallest absolute Gasteiger partial charge is 0.330 e. The lowest BCUT2D eigenvalue weighted by Gasteiger charge is -2.34. The third-order valence-electron chi connectivity index (χ3n) is 5.52. The van der Waals surface area contributed by atoms with Crippen LogP contribution in [0, 0.1) is 0 Å². The number of likely N-dealkylation sites (tertiary alicyclic amines) is 1. The monoisotopic (exact) mass is 431 g/mol. The van der Waals surface area contributed by atoms with Gasteiger partial charge in [-0.1, -0.05) is 20.8 Å².